The summed E-state index contributed by atoms with van der Waals surface area (Å²) in [6, 6.07) is 28.2. The summed E-state index contributed by atoms with van der Waals surface area (Å²) in [6.07, 6.45) is 0. The number of amides is 1. The highest BCUT2D eigenvalue weighted by Crippen LogP contribution is 2.27. The minimum atomic E-state index is 0.0313. The molecule has 0 radical (unpaired) electrons. The van der Waals surface area contributed by atoms with E-state index in [0.717, 1.165) is 22.5 Å². The van der Waals surface area contributed by atoms with E-state index in [9.17, 15) is 4.79 Å². The molecule has 1 amide bonds. The maximum atomic E-state index is 12.8. The minimum Gasteiger partial charge on any atom is -0.367 e. The molecule has 0 saturated carbocycles. The number of carbonyl (C=O) groups excluding carboxylic acids is 1. The van der Waals surface area contributed by atoms with Crippen molar-refractivity contribution in [1.29, 1.82) is 0 Å². The lowest BCUT2D eigenvalue weighted by atomic mass is 10.0. The van der Waals surface area contributed by atoms with Gasteiger partial charge in [-0.2, -0.15) is 0 Å². The molecule has 0 fully saturated rings. The fourth-order valence-corrected chi connectivity index (χ4v) is 3.81. The summed E-state index contributed by atoms with van der Waals surface area (Å²) in [5, 5.41) is 0. The van der Waals surface area contributed by atoms with E-state index in [4.69, 9.17) is 4.99 Å². The van der Waals surface area contributed by atoms with Crippen molar-refractivity contribution in [3.05, 3.63) is 102 Å². The van der Waals surface area contributed by atoms with Crippen LogP contribution < -0.4 is 4.90 Å². The Morgan fingerprint density at radius 3 is 2.31 bits per heavy atom. The van der Waals surface area contributed by atoms with Crippen molar-refractivity contribution in [3.8, 4) is 0 Å². The molecule has 0 bridgehead atoms. The average molecular weight is 383 g/mol. The lowest BCUT2D eigenvalue weighted by molar-refractivity contribution is 0.0787. The lowest BCUT2D eigenvalue weighted by Gasteiger charge is -2.32. The van der Waals surface area contributed by atoms with Crippen LogP contribution in [0.2, 0.25) is 0 Å². The molecule has 4 rings (SSSR count). The molecule has 0 spiro atoms. The second-order valence-electron chi connectivity index (χ2n) is 7.39. The summed E-state index contributed by atoms with van der Waals surface area (Å²) in [5.74, 6) is 0.0313. The van der Waals surface area contributed by atoms with Crippen molar-refractivity contribution >= 4 is 17.3 Å². The Morgan fingerprint density at radius 2 is 1.59 bits per heavy atom. The Bertz CT molecular complexity index is 1010. The van der Waals surface area contributed by atoms with Gasteiger partial charge in [-0.25, -0.2) is 0 Å². The molecule has 4 nitrogen and oxygen atoms in total. The van der Waals surface area contributed by atoms with Gasteiger partial charge in [-0.1, -0.05) is 66.7 Å². The van der Waals surface area contributed by atoms with Gasteiger partial charge in [0.15, 0.2) is 0 Å². The first-order valence-electron chi connectivity index (χ1n) is 9.88. The van der Waals surface area contributed by atoms with Crippen LogP contribution in [0.15, 0.2) is 89.9 Å². The predicted molar refractivity (Wildman–Crippen MR) is 119 cm³/mol. The van der Waals surface area contributed by atoms with E-state index in [1.807, 2.05) is 55.6 Å². The number of benzene rings is 3. The number of anilines is 1. The molecule has 3 aromatic rings. The highest BCUT2D eigenvalue weighted by Gasteiger charge is 2.26. The zero-order valence-electron chi connectivity index (χ0n) is 16.8. The van der Waals surface area contributed by atoms with Gasteiger partial charge in [0.1, 0.15) is 0 Å². The van der Waals surface area contributed by atoms with Crippen molar-refractivity contribution < 1.29 is 4.79 Å². The molecule has 29 heavy (non-hydrogen) atoms. The van der Waals surface area contributed by atoms with E-state index in [-0.39, 0.29) is 11.9 Å². The normalized spacial score (nSPS) is 15.9. The molecule has 0 N–H and O–H groups in total. The average Bonchev–Trinajstić information content (AvgIpc) is 2.91. The third kappa shape index (κ3) is 3.92. The topological polar surface area (TPSA) is 35.9 Å². The van der Waals surface area contributed by atoms with Crippen LogP contribution in [0.5, 0.6) is 0 Å². The van der Waals surface area contributed by atoms with E-state index in [0.29, 0.717) is 18.7 Å². The molecule has 0 saturated heterocycles. The van der Waals surface area contributed by atoms with E-state index < -0.39 is 0 Å². The predicted octanol–water partition coefficient (Wildman–Crippen LogP) is 4.11. The Hall–Kier alpha value is -3.40. The third-order valence-electron chi connectivity index (χ3n) is 5.45. The standard InChI is InChI=1S/C25H25N3O/c1-27(25(29)20-13-7-4-8-14-20)18-21-17-26-24(19-11-5-3-6-12-19)22-15-9-10-16-23(22)28(21)2/h3-16,21H,17-18H2,1-2H3. The first-order valence-corrected chi connectivity index (χ1v) is 9.88. The summed E-state index contributed by atoms with van der Waals surface area (Å²) in [7, 11) is 3.95. The van der Waals surface area contributed by atoms with Crippen molar-refractivity contribution in [3.63, 3.8) is 0 Å². The Morgan fingerprint density at radius 1 is 0.966 bits per heavy atom. The summed E-state index contributed by atoms with van der Waals surface area (Å²) in [5.41, 5.74) is 5.09. The molecular formula is C25H25N3O. The van der Waals surface area contributed by atoms with Crippen LogP contribution in [0.25, 0.3) is 0 Å². The van der Waals surface area contributed by atoms with Gasteiger partial charge in [-0.3, -0.25) is 9.79 Å². The van der Waals surface area contributed by atoms with Gasteiger partial charge in [-0.15, -0.1) is 0 Å². The molecule has 3 aromatic carbocycles. The first-order chi connectivity index (χ1) is 14.1. The van der Waals surface area contributed by atoms with Crippen LogP contribution in [-0.2, 0) is 0 Å². The number of aliphatic imine (C=N–C) groups is 1. The molecule has 1 unspecified atom stereocenters. The van der Waals surface area contributed by atoms with Gasteiger partial charge in [0, 0.05) is 43.0 Å². The van der Waals surface area contributed by atoms with E-state index in [1.165, 1.54) is 0 Å². The quantitative estimate of drug-likeness (QED) is 0.680. The summed E-state index contributed by atoms with van der Waals surface area (Å²) in [4.78, 5) is 21.9. The zero-order valence-corrected chi connectivity index (χ0v) is 16.8. The molecule has 146 valence electrons. The second-order valence-corrected chi connectivity index (χ2v) is 7.39. The third-order valence-corrected chi connectivity index (χ3v) is 5.45. The molecule has 0 aliphatic carbocycles. The van der Waals surface area contributed by atoms with Gasteiger partial charge in [0.05, 0.1) is 18.3 Å². The largest absolute Gasteiger partial charge is 0.367 e. The number of likely N-dealkylation sites (N-methyl/N-ethyl adjacent to an activating group) is 2. The van der Waals surface area contributed by atoms with Crippen molar-refractivity contribution in [2.24, 2.45) is 4.99 Å². The number of nitrogens with zero attached hydrogens (tertiary/aromatic N) is 3. The van der Waals surface area contributed by atoms with Crippen LogP contribution >= 0.6 is 0 Å². The SMILES string of the molecule is CN(CC1CN=C(c2ccccc2)c2ccccc2N1C)C(=O)c1ccccc1. The molecule has 0 aromatic heterocycles. The monoisotopic (exact) mass is 383 g/mol. The minimum absolute atomic E-state index is 0.0313. The fraction of sp³-hybridized carbons (Fsp3) is 0.200. The van der Waals surface area contributed by atoms with Crippen molar-refractivity contribution in [2.75, 3.05) is 32.1 Å². The number of para-hydroxylation sites is 1. The Labute approximate surface area is 172 Å². The number of fused-ring (bicyclic) bond motifs is 1. The van der Waals surface area contributed by atoms with Gasteiger partial charge in [0.25, 0.3) is 5.91 Å². The van der Waals surface area contributed by atoms with Crippen LogP contribution in [0.1, 0.15) is 21.5 Å². The van der Waals surface area contributed by atoms with E-state index in [2.05, 4.69) is 48.3 Å². The highest BCUT2D eigenvalue weighted by molar-refractivity contribution is 6.16. The molecule has 1 aliphatic rings. The highest BCUT2D eigenvalue weighted by atomic mass is 16.2. The summed E-state index contributed by atoms with van der Waals surface area (Å²) in [6.45, 7) is 1.23. The molecule has 1 aliphatic heterocycles. The zero-order chi connectivity index (χ0) is 20.2. The van der Waals surface area contributed by atoms with Crippen LogP contribution in [0.4, 0.5) is 5.69 Å². The maximum absolute atomic E-state index is 12.8. The fourth-order valence-electron chi connectivity index (χ4n) is 3.81. The van der Waals surface area contributed by atoms with Gasteiger partial charge >= 0.3 is 0 Å². The number of hydrogen-bond acceptors (Lipinski definition) is 3. The maximum Gasteiger partial charge on any atom is 0.253 e. The number of rotatable bonds is 4. The number of carbonyl (C=O) groups is 1. The lowest BCUT2D eigenvalue weighted by Crippen LogP contribution is -2.44. The van der Waals surface area contributed by atoms with Gasteiger partial charge in [0.2, 0.25) is 0 Å². The summed E-state index contributed by atoms with van der Waals surface area (Å²) < 4.78 is 0. The smallest absolute Gasteiger partial charge is 0.253 e. The summed E-state index contributed by atoms with van der Waals surface area (Å²) >= 11 is 0. The first kappa shape index (κ1) is 18.9. The van der Waals surface area contributed by atoms with Crippen molar-refractivity contribution in [2.45, 2.75) is 6.04 Å². The molecular weight excluding hydrogens is 358 g/mol. The Kier molecular flexibility index (Phi) is 5.43. The molecule has 1 atom stereocenters. The van der Waals surface area contributed by atoms with Crippen LogP contribution in [0, 0.1) is 0 Å². The van der Waals surface area contributed by atoms with Crippen LogP contribution in [0.3, 0.4) is 0 Å². The van der Waals surface area contributed by atoms with E-state index >= 15 is 0 Å². The molecule has 4 heteroatoms. The number of hydrogen-bond donors (Lipinski definition) is 0. The molecule has 1 heterocycles. The van der Waals surface area contributed by atoms with E-state index in [1.54, 1.807) is 4.90 Å². The van der Waals surface area contributed by atoms with Gasteiger partial charge in [-0.05, 0) is 18.2 Å². The van der Waals surface area contributed by atoms with Crippen molar-refractivity contribution in [1.82, 2.24) is 4.90 Å². The van der Waals surface area contributed by atoms with Crippen LogP contribution in [-0.4, -0.2) is 49.7 Å². The number of benzodiazepines with no additional fused rings is 1. The van der Waals surface area contributed by atoms with Gasteiger partial charge < -0.3 is 9.80 Å². The second kappa shape index (κ2) is 8.31. The Balaban J connectivity index is 1.63.